The third-order valence-electron chi connectivity index (χ3n) is 5.25. The van der Waals surface area contributed by atoms with Gasteiger partial charge in [0.15, 0.2) is 0 Å². The van der Waals surface area contributed by atoms with Crippen molar-refractivity contribution in [3.05, 3.63) is 77.6 Å². The fraction of sp³-hybridized carbons (Fsp3) is 0.182. The number of hydrogen-bond acceptors (Lipinski definition) is 5. The molecular weight excluding hydrogens is 376 g/mol. The second kappa shape index (κ2) is 6.63. The van der Waals surface area contributed by atoms with Gasteiger partial charge >= 0.3 is 0 Å². The van der Waals surface area contributed by atoms with Crippen LogP contribution in [-0.2, 0) is 10.3 Å². The van der Waals surface area contributed by atoms with Crippen LogP contribution in [-0.4, -0.2) is 24.0 Å². The van der Waals surface area contributed by atoms with Crippen LogP contribution in [0.25, 0.3) is 11.1 Å². The Morgan fingerprint density at radius 2 is 1.93 bits per heavy atom. The highest BCUT2D eigenvalue weighted by atomic mass is 19.1. The van der Waals surface area contributed by atoms with E-state index in [4.69, 9.17) is 20.2 Å². The van der Waals surface area contributed by atoms with Crippen LogP contribution in [0.4, 0.5) is 8.78 Å². The number of hydrogen-bond donors (Lipinski definition) is 1. The molecule has 5 nitrogen and oxygen atoms in total. The Bertz CT molecular complexity index is 1150. The van der Waals surface area contributed by atoms with Gasteiger partial charge in [0.2, 0.25) is 5.95 Å². The minimum atomic E-state index is -1.22. The lowest BCUT2D eigenvalue weighted by Crippen LogP contribution is -2.36. The van der Waals surface area contributed by atoms with Crippen LogP contribution < -0.4 is 10.5 Å². The van der Waals surface area contributed by atoms with Gasteiger partial charge in [-0.3, -0.25) is 4.99 Å². The highest BCUT2D eigenvalue weighted by Crippen LogP contribution is 2.51. The van der Waals surface area contributed by atoms with Crippen LogP contribution in [0.5, 0.6) is 11.5 Å². The molecule has 7 heteroatoms. The highest BCUT2D eigenvalue weighted by Gasteiger charge is 2.46. The maximum Gasteiger partial charge on any atom is 0.220 e. The van der Waals surface area contributed by atoms with Crippen molar-refractivity contribution in [2.45, 2.75) is 12.0 Å². The molecule has 0 aliphatic carbocycles. The first-order valence-corrected chi connectivity index (χ1v) is 9.23. The Labute approximate surface area is 165 Å². The van der Waals surface area contributed by atoms with Crippen molar-refractivity contribution in [1.29, 1.82) is 0 Å². The number of aromatic nitrogens is 1. The molecule has 0 saturated carbocycles. The van der Waals surface area contributed by atoms with E-state index in [-0.39, 0.29) is 12.2 Å². The first kappa shape index (κ1) is 17.8. The number of aliphatic imine (C=N–C) groups is 1. The molecule has 1 unspecified atom stereocenters. The van der Waals surface area contributed by atoms with E-state index < -0.39 is 17.3 Å². The molecule has 5 rings (SSSR count). The maximum atomic E-state index is 15.0. The third kappa shape index (κ3) is 2.77. The van der Waals surface area contributed by atoms with Gasteiger partial charge in [-0.05, 0) is 42.0 Å². The zero-order valence-electron chi connectivity index (χ0n) is 15.4. The minimum Gasteiger partial charge on any atom is -0.456 e. The van der Waals surface area contributed by atoms with Crippen LogP contribution in [0.2, 0.25) is 0 Å². The minimum absolute atomic E-state index is 0.0942. The lowest BCUT2D eigenvalue weighted by atomic mass is 9.79. The molecule has 3 aromatic rings. The molecule has 0 bridgehead atoms. The molecule has 2 aromatic carbocycles. The molecule has 3 heterocycles. The van der Waals surface area contributed by atoms with E-state index in [1.54, 1.807) is 42.5 Å². The van der Waals surface area contributed by atoms with Gasteiger partial charge in [0.1, 0.15) is 22.9 Å². The van der Waals surface area contributed by atoms with Gasteiger partial charge in [0, 0.05) is 23.7 Å². The summed E-state index contributed by atoms with van der Waals surface area (Å²) in [6.07, 6.45) is 1.83. The molecule has 0 amide bonds. The SMILES string of the molecule is NC1=NC2(COCC1)c1cc(-c3cccnc3F)ccc1Oc1cccc(F)c12. The standard InChI is InChI=1S/C22H17F2N3O2/c23-16-4-1-5-18-20(16)22(12-28-10-8-19(25)27-22)15-11-13(6-7-17(15)29-18)14-3-2-9-26-21(14)24/h1-7,9,11H,8,10,12H2,(H2,25,27). The summed E-state index contributed by atoms with van der Waals surface area (Å²) < 4.78 is 41.1. The highest BCUT2D eigenvalue weighted by molar-refractivity contribution is 5.82. The molecule has 0 fully saturated rings. The van der Waals surface area contributed by atoms with Crippen molar-refractivity contribution in [3.8, 4) is 22.6 Å². The van der Waals surface area contributed by atoms with Gasteiger partial charge in [-0.1, -0.05) is 12.1 Å². The van der Waals surface area contributed by atoms with Gasteiger partial charge in [-0.2, -0.15) is 4.39 Å². The van der Waals surface area contributed by atoms with E-state index in [1.807, 2.05) is 0 Å². The van der Waals surface area contributed by atoms with Crippen molar-refractivity contribution in [3.63, 3.8) is 0 Å². The molecule has 2 aliphatic rings. The van der Waals surface area contributed by atoms with Crippen molar-refractivity contribution in [1.82, 2.24) is 4.98 Å². The Balaban J connectivity index is 1.80. The summed E-state index contributed by atoms with van der Waals surface area (Å²) in [5.41, 5.74) is 6.64. The van der Waals surface area contributed by atoms with Gasteiger partial charge < -0.3 is 15.2 Å². The molecule has 2 aliphatic heterocycles. The molecule has 0 radical (unpaired) electrons. The van der Waals surface area contributed by atoms with Crippen LogP contribution in [0.15, 0.2) is 59.7 Å². The van der Waals surface area contributed by atoms with Gasteiger partial charge in [-0.25, -0.2) is 9.37 Å². The first-order chi connectivity index (χ1) is 14.1. The van der Waals surface area contributed by atoms with Crippen LogP contribution in [0.3, 0.4) is 0 Å². The van der Waals surface area contributed by atoms with Crippen molar-refractivity contribution < 1.29 is 18.3 Å². The van der Waals surface area contributed by atoms with E-state index in [9.17, 15) is 4.39 Å². The molecular formula is C22H17F2N3O2. The molecule has 2 N–H and O–H groups in total. The Kier molecular flexibility index (Phi) is 4.06. The average Bonchev–Trinajstić information content (AvgIpc) is 2.90. The molecule has 1 aromatic heterocycles. The predicted octanol–water partition coefficient (Wildman–Crippen LogP) is 4.15. The molecule has 1 spiro atoms. The number of rotatable bonds is 1. The summed E-state index contributed by atoms with van der Waals surface area (Å²) in [6.45, 7) is 0.477. The van der Waals surface area contributed by atoms with Crippen LogP contribution in [0, 0.1) is 11.8 Å². The Hall–Kier alpha value is -3.32. The summed E-state index contributed by atoms with van der Waals surface area (Å²) in [5, 5.41) is 0. The van der Waals surface area contributed by atoms with Gasteiger partial charge in [-0.15, -0.1) is 0 Å². The average molecular weight is 393 g/mol. The quantitative estimate of drug-likeness (QED) is 0.631. The second-order valence-corrected chi connectivity index (χ2v) is 7.03. The lowest BCUT2D eigenvalue weighted by molar-refractivity contribution is 0.105. The van der Waals surface area contributed by atoms with Gasteiger partial charge in [0.25, 0.3) is 0 Å². The number of ether oxygens (including phenoxy) is 2. The van der Waals surface area contributed by atoms with E-state index >= 15 is 4.39 Å². The molecule has 1 atom stereocenters. The topological polar surface area (TPSA) is 69.7 Å². The zero-order valence-corrected chi connectivity index (χ0v) is 15.4. The Morgan fingerprint density at radius 3 is 2.79 bits per heavy atom. The molecule has 29 heavy (non-hydrogen) atoms. The first-order valence-electron chi connectivity index (χ1n) is 9.23. The number of amidine groups is 1. The maximum absolute atomic E-state index is 15.0. The van der Waals surface area contributed by atoms with Crippen molar-refractivity contribution in [2.75, 3.05) is 13.2 Å². The van der Waals surface area contributed by atoms with Gasteiger partial charge in [0.05, 0.1) is 24.6 Å². The number of fused-ring (bicyclic) bond motifs is 4. The number of nitrogens with zero attached hydrogens (tertiary/aromatic N) is 2. The summed E-state index contributed by atoms with van der Waals surface area (Å²) in [6, 6.07) is 13.1. The van der Waals surface area contributed by atoms with E-state index in [1.165, 1.54) is 12.3 Å². The Morgan fingerprint density at radius 1 is 1.03 bits per heavy atom. The number of benzene rings is 2. The smallest absolute Gasteiger partial charge is 0.220 e. The summed E-state index contributed by atoms with van der Waals surface area (Å²) >= 11 is 0. The summed E-state index contributed by atoms with van der Waals surface area (Å²) in [5.74, 6) is 0.165. The fourth-order valence-electron chi connectivity index (χ4n) is 3.95. The number of halogens is 2. The second-order valence-electron chi connectivity index (χ2n) is 7.03. The van der Waals surface area contributed by atoms with Crippen LogP contribution in [0.1, 0.15) is 17.5 Å². The van der Waals surface area contributed by atoms with E-state index in [0.717, 1.165) is 0 Å². The fourth-order valence-corrected chi connectivity index (χ4v) is 3.95. The summed E-state index contributed by atoms with van der Waals surface area (Å²) in [4.78, 5) is 8.43. The number of nitrogens with two attached hydrogens (primary N) is 1. The van der Waals surface area contributed by atoms with Crippen molar-refractivity contribution in [2.24, 2.45) is 10.7 Å². The molecule has 0 saturated heterocycles. The summed E-state index contributed by atoms with van der Waals surface area (Å²) in [7, 11) is 0. The number of pyridine rings is 1. The van der Waals surface area contributed by atoms with E-state index in [0.29, 0.717) is 47.1 Å². The monoisotopic (exact) mass is 393 g/mol. The lowest BCUT2D eigenvalue weighted by Gasteiger charge is -2.37. The normalized spacial score (nSPS) is 20.3. The third-order valence-corrected chi connectivity index (χ3v) is 5.25. The molecule has 146 valence electrons. The van der Waals surface area contributed by atoms with Crippen LogP contribution >= 0.6 is 0 Å². The predicted molar refractivity (Wildman–Crippen MR) is 104 cm³/mol. The largest absolute Gasteiger partial charge is 0.456 e. The zero-order chi connectivity index (χ0) is 20.0. The van der Waals surface area contributed by atoms with Crippen molar-refractivity contribution >= 4 is 5.84 Å². The van der Waals surface area contributed by atoms with E-state index in [2.05, 4.69) is 4.98 Å².